The summed E-state index contributed by atoms with van der Waals surface area (Å²) in [6.07, 6.45) is 1.72. The first-order chi connectivity index (χ1) is 16.0. The number of rotatable bonds is 5. The van der Waals surface area contributed by atoms with Gasteiger partial charge >= 0.3 is 0 Å². The normalized spacial score (nSPS) is 11.1. The van der Waals surface area contributed by atoms with Crippen LogP contribution in [0, 0.1) is 13.8 Å². The second kappa shape index (κ2) is 8.31. The molecule has 164 valence electrons. The number of nitrogens with one attached hydrogen (secondary N) is 2. The lowest BCUT2D eigenvalue weighted by molar-refractivity contribution is -0.115. The Balaban J connectivity index is 1.45. The maximum Gasteiger partial charge on any atom is 0.293 e. The second-order valence-corrected chi connectivity index (χ2v) is 7.99. The molecule has 0 aliphatic carbocycles. The van der Waals surface area contributed by atoms with Crippen molar-refractivity contribution in [2.45, 2.75) is 20.3 Å². The summed E-state index contributed by atoms with van der Waals surface area (Å²) >= 11 is 0. The number of fused-ring (bicyclic) bond motifs is 2. The third kappa shape index (κ3) is 3.87. The average molecular weight is 438 g/mol. The minimum Gasteiger partial charge on any atom is -0.464 e. The SMILES string of the molecule is Cc1ccc2c(CC(=O)Nc3c(C(=O)Nc4ccccc4)oc4ccccc34)coc2c1C. The number of para-hydroxylation sites is 2. The highest BCUT2D eigenvalue weighted by molar-refractivity contribution is 6.14. The van der Waals surface area contributed by atoms with Crippen LogP contribution in [0.3, 0.4) is 0 Å². The maximum absolute atomic E-state index is 13.0. The van der Waals surface area contributed by atoms with E-state index >= 15 is 0 Å². The monoisotopic (exact) mass is 438 g/mol. The predicted octanol–water partition coefficient (Wildman–Crippen LogP) is 6.23. The topological polar surface area (TPSA) is 84.5 Å². The van der Waals surface area contributed by atoms with Crippen LogP contribution in [-0.2, 0) is 11.2 Å². The highest BCUT2D eigenvalue weighted by Crippen LogP contribution is 2.32. The Labute approximate surface area is 190 Å². The molecule has 0 saturated carbocycles. The van der Waals surface area contributed by atoms with E-state index in [-0.39, 0.29) is 18.1 Å². The van der Waals surface area contributed by atoms with Gasteiger partial charge in [-0.25, -0.2) is 0 Å². The standard InChI is InChI=1S/C27H22N2O4/c1-16-12-13-20-18(15-32-25(20)17(16)2)14-23(30)29-24-21-10-6-7-11-22(21)33-26(24)27(31)28-19-8-4-3-5-9-19/h3-13,15H,14H2,1-2H3,(H,28,31)(H,29,30). The van der Waals surface area contributed by atoms with Gasteiger partial charge in [0.05, 0.1) is 12.7 Å². The smallest absolute Gasteiger partial charge is 0.293 e. The average Bonchev–Trinajstić information content (AvgIpc) is 3.39. The van der Waals surface area contributed by atoms with Crippen LogP contribution in [0.5, 0.6) is 0 Å². The highest BCUT2D eigenvalue weighted by Gasteiger charge is 2.23. The van der Waals surface area contributed by atoms with E-state index in [9.17, 15) is 9.59 Å². The molecule has 2 N–H and O–H groups in total. The van der Waals surface area contributed by atoms with Crippen molar-refractivity contribution in [1.29, 1.82) is 0 Å². The molecule has 6 heteroatoms. The number of aryl methyl sites for hydroxylation is 2. The second-order valence-electron chi connectivity index (χ2n) is 7.99. The first kappa shape index (κ1) is 20.6. The predicted molar refractivity (Wildman–Crippen MR) is 129 cm³/mol. The molecule has 0 aliphatic heterocycles. The Hall–Kier alpha value is -4.32. The van der Waals surface area contributed by atoms with Crippen LogP contribution in [0.2, 0.25) is 0 Å². The summed E-state index contributed by atoms with van der Waals surface area (Å²) in [6.45, 7) is 4.02. The first-order valence-electron chi connectivity index (χ1n) is 10.7. The molecule has 2 aromatic heterocycles. The fourth-order valence-corrected chi connectivity index (χ4v) is 3.92. The summed E-state index contributed by atoms with van der Waals surface area (Å²) in [5.41, 5.74) is 5.26. The quantitative estimate of drug-likeness (QED) is 0.341. The molecule has 0 bridgehead atoms. The number of hydrogen-bond acceptors (Lipinski definition) is 4. The zero-order valence-electron chi connectivity index (χ0n) is 18.3. The van der Waals surface area contributed by atoms with Gasteiger partial charge in [-0.3, -0.25) is 9.59 Å². The van der Waals surface area contributed by atoms with Crippen molar-refractivity contribution in [3.8, 4) is 0 Å². The molecule has 0 unspecified atom stereocenters. The van der Waals surface area contributed by atoms with Crippen LogP contribution in [0.4, 0.5) is 11.4 Å². The number of furan rings is 2. The number of hydrogen-bond donors (Lipinski definition) is 2. The van der Waals surface area contributed by atoms with Crippen molar-refractivity contribution in [1.82, 2.24) is 0 Å². The largest absolute Gasteiger partial charge is 0.464 e. The minimum atomic E-state index is -0.437. The van der Waals surface area contributed by atoms with Gasteiger partial charge in [0, 0.05) is 22.0 Å². The van der Waals surface area contributed by atoms with Crippen LogP contribution >= 0.6 is 0 Å². The summed E-state index contributed by atoms with van der Waals surface area (Å²) in [4.78, 5) is 26.0. The number of anilines is 2. The zero-order chi connectivity index (χ0) is 22.9. The number of benzene rings is 3. The molecular formula is C27H22N2O4. The van der Waals surface area contributed by atoms with Gasteiger partial charge < -0.3 is 19.5 Å². The molecule has 5 aromatic rings. The molecule has 0 radical (unpaired) electrons. The third-order valence-corrected chi connectivity index (χ3v) is 5.79. The summed E-state index contributed by atoms with van der Waals surface area (Å²) in [7, 11) is 0. The Morgan fingerprint density at radius 2 is 1.61 bits per heavy atom. The number of amides is 2. The van der Waals surface area contributed by atoms with Crippen molar-refractivity contribution in [3.63, 3.8) is 0 Å². The van der Waals surface area contributed by atoms with Gasteiger partial charge in [0.2, 0.25) is 11.7 Å². The molecule has 5 rings (SSSR count). The zero-order valence-corrected chi connectivity index (χ0v) is 18.3. The molecule has 2 amide bonds. The van der Waals surface area contributed by atoms with E-state index in [2.05, 4.69) is 10.6 Å². The lowest BCUT2D eigenvalue weighted by Gasteiger charge is -2.07. The molecule has 6 nitrogen and oxygen atoms in total. The lowest BCUT2D eigenvalue weighted by Crippen LogP contribution is -2.18. The van der Waals surface area contributed by atoms with E-state index in [1.807, 2.05) is 62.4 Å². The molecule has 3 aromatic carbocycles. The summed E-state index contributed by atoms with van der Waals surface area (Å²) in [6, 6.07) is 20.3. The molecule has 33 heavy (non-hydrogen) atoms. The number of carbonyl (C=O) groups is 2. The van der Waals surface area contributed by atoms with Crippen molar-refractivity contribution in [2.24, 2.45) is 0 Å². The minimum absolute atomic E-state index is 0.0527. The van der Waals surface area contributed by atoms with Gasteiger partial charge in [0.25, 0.3) is 5.91 Å². The van der Waals surface area contributed by atoms with E-state index < -0.39 is 5.91 Å². The van der Waals surface area contributed by atoms with E-state index in [0.717, 1.165) is 27.7 Å². The molecule has 0 spiro atoms. The number of carbonyl (C=O) groups excluding carboxylic acids is 2. The van der Waals surface area contributed by atoms with Crippen molar-refractivity contribution in [3.05, 3.63) is 95.4 Å². The van der Waals surface area contributed by atoms with Crippen molar-refractivity contribution < 1.29 is 18.4 Å². The van der Waals surface area contributed by atoms with Crippen LogP contribution in [0.25, 0.3) is 21.9 Å². The van der Waals surface area contributed by atoms with Crippen LogP contribution in [0.15, 0.2) is 81.8 Å². The van der Waals surface area contributed by atoms with E-state index in [1.165, 1.54) is 0 Å². The van der Waals surface area contributed by atoms with E-state index in [0.29, 0.717) is 22.3 Å². The highest BCUT2D eigenvalue weighted by atomic mass is 16.3. The summed E-state index contributed by atoms with van der Waals surface area (Å²) < 4.78 is 11.6. The molecule has 0 atom stereocenters. The lowest BCUT2D eigenvalue weighted by atomic mass is 10.0. The van der Waals surface area contributed by atoms with Crippen LogP contribution in [-0.4, -0.2) is 11.8 Å². The Kier molecular flexibility index (Phi) is 5.18. The molecular weight excluding hydrogens is 416 g/mol. The van der Waals surface area contributed by atoms with Gasteiger partial charge in [-0.05, 0) is 49.2 Å². The van der Waals surface area contributed by atoms with Gasteiger partial charge in [-0.2, -0.15) is 0 Å². The van der Waals surface area contributed by atoms with E-state index in [4.69, 9.17) is 8.83 Å². The van der Waals surface area contributed by atoms with Gasteiger partial charge in [0.15, 0.2) is 0 Å². The Morgan fingerprint density at radius 1 is 0.848 bits per heavy atom. The van der Waals surface area contributed by atoms with Gasteiger partial charge in [-0.15, -0.1) is 0 Å². The van der Waals surface area contributed by atoms with Crippen LogP contribution < -0.4 is 10.6 Å². The van der Waals surface area contributed by atoms with Crippen molar-refractivity contribution >= 4 is 45.1 Å². The summed E-state index contributed by atoms with van der Waals surface area (Å²) in [5.74, 6) is -0.652. The van der Waals surface area contributed by atoms with Crippen LogP contribution in [0.1, 0.15) is 27.2 Å². The molecule has 0 fully saturated rings. The fourth-order valence-electron chi connectivity index (χ4n) is 3.92. The molecule has 0 aliphatic rings. The Bertz CT molecular complexity index is 1500. The fraction of sp³-hybridized carbons (Fsp3) is 0.111. The first-order valence-corrected chi connectivity index (χ1v) is 10.7. The van der Waals surface area contributed by atoms with Gasteiger partial charge in [-0.1, -0.05) is 42.5 Å². The third-order valence-electron chi connectivity index (χ3n) is 5.79. The van der Waals surface area contributed by atoms with Gasteiger partial charge in [0.1, 0.15) is 16.9 Å². The molecule has 2 heterocycles. The Morgan fingerprint density at radius 3 is 2.42 bits per heavy atom. The van der Waals surface area contributed by atoms with E-state index in [1.54, 1.807) is 24.5 Å². The van der Waals surface area contributed by atoms with Crippen molar-refractivity contribution in [2.75, 3.05) is 10.6 Å². The summed E-state index contributed by atoms with van der Waals surface area (Å²) in [5, 5.41) is 7.28. The maximum atomic E-state index is 13.0. The molecule has 0 saturated heterocycles.